The molecule has 3 heterocycles. The highest BCUT2D eigenvalue weighted by Gasteiger charge is 2.14. The minimum absolute atomic E-state index is 0.161. The molecule has 6 heteroatoms. The fourth-order valence-electron chi connectivity index (χ4n) is 3.64. The van der Waals surface area contributed by atoms with Gasteiger partial charge in [-0.25, -0.2) is 9.67 Å². The van der Waals surface area contributed by atoms with Gasteiger partial charge in [-0.1, -0.05) is 30.3 Å². The monoisotopic (exact) mass is 407 g/mol. The maximum Gasteiger partial charge on any atom is 0.278 e. The number of carbonyl (C=O) groups excluding carboxylic acids is 1. The lowest BCUT2D eigenvalue weighted by Crippen LogP contribution is -2.11. The zero-order valence-corrected chi connectivity index (χ0v) is 17.3. The van der Waals surface area contributed by atoms with E-state index in [1.165, 1.54) is 4.68 Å². The number of hydrogen-bond acceptors (Lipinski definition) is 4. The van der Waals surface area contributed by atoms with Crippen LogP contribution >= 0.6 is 0 Å². The molecule has 0 aliphatic rings. The third-order valence-corrected chi connectivity index (χ3v) is 5.37. The van der Waals surface area contributed by atoms with Crippen LogP contribution in [0.2, 0.25) is 0 Å². The molecular formula is C25H21N5O. The van der Waals surface area contributed by atoms with Crippen molar-refractivity contribution in [2.45, 2.75) is 0 Å². The van der Waals surface area contributed by atoms with Crippen LogP contribution in [-0.2, 0) is 0 Å². The van der Waals surface area contributed by atoms with Crippen molar-refractivity contribution in [2.24, 2.45) is 0 Å². The van der Waals surface area contributed by atoms with E-state index in [9.17, 15) is 4.79 Å². The third-order valence-electron chi connectivity index (χ3n) is 5.37. The number of aromatic amines is 1. The molecule has 6 nitrogen and oxygen atoms in total. The number of anilines is 1. The molecule has 0 unspecified atom stereocenters. The first-order chi connectivity index (χ1) is 15.1. The number of H-pyrrole nitrogens is 1. The van der Waals surface area contributed by atoms with Gasteiger partial charge in [0, 0.05) is 66.0 Å². The van der Waals surface area contributed by atoms with E-state index in [2.05, 4.69) is 50.3 Å². The number of aromatic nitrogens is 4. The highest BCUT2D eigenvalue weighted by Crippen LogP contribution is 2.31. The zero-order chi connectivity index (χ0) is 21.4. The molecule has 152 valence electrons. The maximum absolute atomic E-state index is 12.7. The molecule has 31 heavy (non-hydrogen) atoms. The van der Waals surface area contributed by atoms with Gasteiger partial charge in [-0.2, -0.15) is 5.10 Å². The summed E-state index contributed by atoms with van der Waals surface area (Å²) in [5.74, 6) is -0.161. The van der Waals surface area contributed by atoms with Crippen molar-refractivity contribution in [3.63, 3.8) is 0 Å². The second-order valence-corrected chi connectivity index (χ2v) is 7.61. The van der Waals surface area contributed by atoms with Crippen LogP contribution in [0.4, 0.5) is 5.69 Å². The van der Waals surface area contributed by atoms with Crippen molar-refractivity contribution in [3.8, 4) is 22.3 Å². The fraction of sp³-hybridized carbons (Fsp3) is 0.0800. The topological polar surface area (TPSA) is 66.8 Å². The van der Waals surface area contributed by atoms with Gasteiger partial charge < -0.3 is 9.88 Å². The lowest BCUT2D eigenvalue weighted by Gasteiger charge is -2.12. The molecule has 5 aromatic rings. The maximum atomic E-state index is 12.7. The molecule has 0 saturated carbocycles. The summed E-state index contributed by atoms with van der Waals surface area (Å²) in [7, 11) is 4.05. The van der Waals surface area contributed by atoms with Crippen molar-refractivity contribution in [3.05, 3.63) is 91.0 Å². The number of pyridine rings is 1. The number of benzene rings is 2. The van der Waals surface area contributed by atoms with Crippen molar-refractivity contribution in [1.29, 1.82) is 0 Å². The summed E-state index contributed by atoms with van der Waals surface area (Å²) in [6.45, 7) is 0. The van der Waals surface area contributed by atoms with Gasteiger partial charge in [-0.15, -0.1) is 0 Å². The molecule has 0 atom stereocenters. The number of carbonyl (C=O) groups is 1. The smallest absolute Gasteiger partial charge is 0.278 e. The van der Waals surface area contributed by atoms with Gasteiger partial charge in [-0.05, 0) is 35.9 Å². The molecule has 0 aliphatic carbocycles. The summed E-state index contributed by atoms with van der Waals surface area (Å²) in [6, 6.07) is 19.6. The van der Waals surface area contributed by atoms with Crippen molar-refractivity contribution < 1.29 is 4.79 Å². The zero-order valence-electron chi connectivity index (χ0n) is 17.3. The van der Waals surface area contributed by atoms with Crippen LogP contribution in [0.25, 0.3) is 33.3 Å². The van der Waals surface area contributed by atoms with Crippen molar-refractivity contribution in [1.82, 2.24) is 19.7 Å². The normalized spacial score (nSPS) is 11.0. The van der Waals surface area contributed by atoms with Gasteiger partial charge in [0.05, 0.1) is 6.20 Å². The van der Waals surface area contributed by atoms with Gasteiger partial charge in [0.2, 0.25) is 0 Å². The lowest BCUT2D eigenvalue weighted by atomic mass is 10.0. The van der Waals surface area contributed by atoms with Crippen LogP contribution < -0.4 is 4.90 Å². The van der Waals surface area contributed by atoms with E-state index in [1.807, 2.05) is 44.7 Å². The van der Waals surface area contributed by atoms with E-state index in [0.717, 1.165) is 39.0 Å². The van der Waals surface area contributed by atoms with E-state index < -0.39 is 0 Å². The highest BCUT2D eigenvalue weighted by atomic mass is 16.2. The Morgan fingerprint density at radius 3 is 2.45 bits per heavy atom. The fourth-order valence-corrected chi connectivity index (χ4v) is 3.64. The van der Waals surface area contributed by atoms with Gasteiger partial charge in [0.25, 0.3) is 5.91 Å². The predicted molar refractivity (Wildman–Crippen MR) is 123 cm³/mol. The lowest BCUT2D eigenvalue weighted by molar-refractivity contribution is 0.0945. The molecule has 0 bridgehead atoms. The standard InChI is InChI=1S/C25H21N5O/c1-29(2)21-10-8-17(9-11-21)19-12-22-23(15-27-24(22)26-13-19)20-14-28-30(16-20)25(31)18-6-4-3-5-7-18/h3-16H,1-2H3,(H,26,27). The van der Waals surface area contributed by atoms with Crippen LogP contribution in [0.3, 0.4) is 0 Å². The molecule has 1 N–H and O–H groups in total. The quantitative estimate of drug-likeness (QED) is 0.463. The van der Waals surface area contributed by atoms with Crippen LogP contribution in [0.1, 0.15) is 10.4 Å². The van der Waals surface area contributed by atoms with Crippen molar-refractivity contribution in [2.75, 3.05) is 19.0 Å². The SMILES string of the molecule is CN(C)c1ccc(-c2cnc3[nH]cc(-c4cnn(C(=O)c5ccccc5)c4)c3c2)cc1. The number of nitrogens with zero attached hydrogens (tertiary/aromatic N) is 4. The number of fused-ring (bicyclic) bond motifs is 1. The first-order valence-corrected chi connectivity index (χ1v) is 10.00. The Labute approximate surface area is 179 Å². The summed E-state index contributed by atoms with van der Waals surface area (Å²) >= 11 is 0. The van der Waals surface area contributed by atoms with Crippen LogP contribution in [0, 0.1) is 0 Å². The Bertz CT molecular complexity index is 1360. The summed E-state index contributed by atoms with van der Waals surface area (Å²) < 4.78 is 1.38. The summed E-state index contributed by atoms with van der Waals surface area (Å²) in [6.07, 6.45) is 7.25. The van der Waals surface area contributed by atoms with Crippen molar-refractivity contribution >= 4 is 22.6 Å². The Hall–Kier alpha value is -4.19. The molecule has 0 amide bonds. The Kier molecular flexibility index (Phi) is 4.59. The van der Waals surface area contributed by atoms with E-state index in [1.54, 1.807) is 24.5 Å². The van der Waals surface area contributed by atoms with Crippen LogP contribution in [0.5, 0.6) is 0 Å². The van der Waals surface area contributed by atoms with Gasteiger partial charge in [-0.3, -0.25) is 4.79 Å². The molecule has 0 spiro atoms. The minimum atomic E-state index is -0.161. The van der Waals surface area contributed by atoms with Crippen LogP contribution in [0.15, 0.2) is 85.5 Å². The largest absolute Gasteiger partial charge is 0.378 e. The average molecular weight is 407 g/mol. The highest BCUT2D eigenvalue weighted by molar-refractivity contribution is 5.98. The Morgan fingerprint density at radius 1 is 0.935 bits per heavy atom. The van der Waals surface area contributed by atoms with Gasteiger partial charge in [0.1, 0.15) is 5.65 Å². The average Bonchev–Trinajstić information content (AvgIpc) is 3.46. The van der Waals surface area contributed by atoms with E-state index in [0.29, 0.717) is 5.56 Å². The number of rotatable bonds is 4. The van der Waals surface area contributed by atoms with E-state index in [4.69, 9.17) is 0 Å². The second-order valence-electron chi connectivity index (χ2n) is 7.61. The summed E-state index contributed by atoms with van der Waals surface area (Å²) in [5.41, 5.74) is 6.50. The Balaban J connectivity index is 1.51. The summed E-state index contributed by atoms with van der Waals surface area (Å²) in [5, 5.41) is 5.28. The number of nitrogens with one attached hydrogen (secondary N) is 1. The number of hydrogen-bond donors (Lipinski definition) is 1. The molecule has 3 aromatic heterocycles. The molecule has 0 radical (unpaired) electrons. The molecular weight excluding hydrogens is 386 g/mol. The molecule has 0 aliphatic heterocycles. The second kappa shape index (κ2) is 7.57. The molecule has 0 fully saturated rings. The molecule has 2 aromatic carbocycles. The summed E-state index contributed by atoms with van der Waals surface area (Å²) in [4.78, 5) is 22.6. The van der Waals surface area contributed by atoms with Gasteiger partial charge >= 0.3 is 0 Å². The predicted octanol–water partition coefficient (Wildman–Crippen LogP) is 4.85. The first-order valence-electron chi connectivity index (χ1n) is 10.00. The molecule has 0 saturated heterocycles. The Morgan fingerprint density at radius 2 is 1.71 bits per heavy atom. The minimum Gasteiger partial charge on any atom is -0.378 e. The first kappa shape index (κ1) is 18.8. The van der Waals surface area contributed by atoms with E-state index >= 15 is 0 Å². The third kappa shape index (κ3) is 3.48. The molecule has 5 rings (SSSR count). The van der Waals surface area contributed by atoms with E-state index in [-0.39, 0.29) is 5.91 Å². The van der Waals surface area contributed by atoms with Gasteiger partial charge in [0.15, 0.2) is 0 Å². The van der Waals surface area contributed by atoms with Crippen LogP contribution in [-0.4, -0.2) is 39.8 Å².